The van der Waals surface area contributed by atoms with Crippen LogP contribution in [-0.2, 0) is 6.54 Å². The summed E-state index contributed by atoms with van der Waals surface area (Å²) in [5, 5.41) is 4.41. The Morgan fingerprint density at radius 2 is 1.81 bits per heavy atom. The van der Waals surface area contributed by atoms with E-state index in [1.54, 1.807) is 17.8 Å². The van der Waals surface area contributed by atoms with Gasteiger partial charge in [-0.2, -0.15) is 8.75 Å². The van der Waals surface area contributed by atoms with Crippen molar-refractivity contribution in [3.63, 3.8) is 0 Å². The molecule has 0 aliphatic heterocycles. The van der Waals surface area contributed by atoms with E-state index in [0.29, 0.717) is 22.1 Å². The second kappa shape index (κ2) is 6.40. The summed E-state index contributed by atoms with van der Waals surface area (Å²) in [5.74, 6) is 0. The predicted molar refractivity (Wildman–Crippen MR) is 93.0 cm³/mol. The first-order valence-corrected chi connectivity index (χ1v) is 8.87. The van der Waals surface area contributed by atoms with E-state index in [2.05, 4.69) is 44.6 Å². The van der Waals surface area contributed by atoms with Gasteiger partial charge in [-0.25, -0.2) is 0 Å². The van der Waals surface area contributed by atoms with Gasteiger partial charge >= 0.3 is 0 Å². The zero-order valence-corrected chi connectivity index (χ0v) is 14.2. The van der Waals surface area contributed by atoms with Crippen molar-refractivity contribution in [2.75, 3.05) is 11.6 Å². The number of benzene rings is 2. The molecule has 0 bridgehead atoms. The Kier molecular flexibility index (Phi) is 4.54. The Hall–Kier alpha value is -1.01. The van der Waals surface area contributed by atoms with Crippen LogP contribution in [0.15, 0.2) is 35.2 Å². The Morgan fingerprint density at radius 1 is 1.10 bits per heavy atom. The number of halogens is 2. The fourth-order valence-corrected chi connectivity index (χ4v) is 3.56. The molecule has 3 aromatic rings. The van der Waals surface area contributed by atoms with E-state index < -0.39 is 0 Å². The molecule has 0 amide bonds. The summed E-state index contributed by atoms with van der Waals surface area (Å²) in [4.78, 5) is 1.24. The third kappa shape index (κ3) is 3.11. The van der Waals surface area contributed by atoms with Crippen LogP contribution in [0.5, 0.6) is 0 Å². The van der Waals surface area contributed by atoms with Crippen molar-refractivity contribution in [1.82, 2.24) is 8.75 Å². The van der Waals surface area contributed by atoms with Crippen molar-refractivity contribution in [3.05, 3.63) is 45.9 Å². The summed E-state index contributed by atoms with van der Waals surface area (Å²) in [6.07, 6.45) is 2.06. The van der Waals surface area contributed by atoms with Gasteiger partial charge in [0.1, 0.15) is 11.0 Å². The molecule has 0 saturated carbocycles. The number of fused-ring (bicyclic) bond motifs is 1. The number of hydrogen-bond donors (Lipinski definition) is 1. The molecule has 0 fully saturated rings. The third-order valence-electron chi connectivity index (χ3n) is 3.07. The van der Waals surface area contributed by atoms with Crippen molar-refractivity contribution in [2.45, 2.75) is 11.4 Å². The summed E-state index contributed by atoms with van der Waals surface area (Å²) in [5.41, 5.74) is 3.36. The molecule has 0 atom stereocenters. The van der Waals surface area contributed by atoms with Gasteiger partial charge in [0.05, 0.1) is 27.5 Å². The number of thioether (sulfide) groups is 1. The summed E-state index contributed by atoms with van der Waals surface area (Å²) in [6, 6.07) is 10.1. The van der Waals surface area contributed by atoms with Crippen LogP contribution in [0, 0.1) is 0 Å². The van der Waals surface area contributed by atoms with Gasteiger partial charge < -0.3 is 5.32 Å². The molecule has 0 aliphatic rings. The molecule has 3 rings (SSSR count). The molecule has 3 nitrogen and oxygen atoms in total. The van der Waals surface area contributed by atoms with Crippen molar-refractivity contribution in [3.8, 4) is 0 Å². The molecule has 108 valence electrons. The number of anilines is 1. The second-order valence-corrected chi connectivity index (χ2v) is 6.60. The molecule has 0 unspecified atom stereocenters. The summed E-state index contributed by atoms with van der Waals surface area (Å²) >= 11 is 15.2. The number of nitrogens with one attached hydrogen (secondary N) is 1. The van der Waals surface area contributed by atoms with Crippen LogP contribution >= 0.6 is 46.7 Å². The van der Waals surface area contributed by atoms with Gasteiger partial charge in [-0.15, -0.1) is 11.8 Å². The van der Waals surface area contributed by atoms with Crippen LogP contribution in [0.1, 0.15) is 5.56 Å². The SMILES string of the molecule is CSc1ccc(CNc2c(Cl)cc(Cl)c3nsnc23)cc1. The summed E-state index contributed by atoms with van der Waals surface area (Å²) < 4.78 is 8.47. The minimum absolute atomic E-state index is 0.527. The zero-order chi connectivity index (χ0) is 14.8. The Labute approximate surface area is 141 Å². The highest BCUT2D eigenvalue weighted by Gasteiger charge is 2.13. The second-order valence-electron chi connectivity index (χ2n) is 4.38. The minimum Gasteiger partial charge on any atom is -0.378 e. The normalized spacial score (nSPS) is 11.0. The number of rotatable bonds is 4. The van der Waals surface area contributed by atoms with Gasteiger partial charge in [-0.05, 0) is 30.0 Å². The monoisotopic (exact) mass is 355 g/mol. The molecule has 2 aromatic carbocycles. The largest absolute Gasteiger partial charge is 0.378 e. The van der Waals surface area contributed by atoms with Crippen LogP contribution in [-0.4, -0.2) is 15.0 Å². The molecule has 0 radical (unpaired) electrons. The quantitative estimate of drug-likeness (QED) is 0.641. The van der Waals surface area contributed by atoms with E-state index in [9.17, 15) is 0 Å². The molecule has 1 aromatic heterocycles. The maximum absolute atomic E-state index is 6.27. The first-order chi connectivity index (χ1) is 10.2. The van der Waals surface area contributed by atoms with Gasteiger partial charge in [-0.3, -0.25) is 0 Å². The first-order valence-electron chi connectivity index (χ1n) is 6.16. The fourth-order valence-electron chi connectivity index (χ4n) is 1.98. The Morgan fingerprint density at radius 3 is 2.52 bits per heavy atom. The molecule has 1 heterocycles. The first kappa shape index (κ1) is 14.9. The van der Waals surface area contributed by atoms with Crippen LogP contribution < -0.4 is 5.32 Å². The number of aromatic nitrogens is 2. The van der Waals surface area contributed by atoms with E-state index in [4.69, 9.17) is 23.2 Å². The van der Waals surface area contributed by atoms with Gasteiger partial charge in [0.15, 0.2) is 0 Å². The highest BCUT2D eigenvalue weighted by atomic mass is 35.5. The molecule has 7 heteroatoms. The molecule has 0 saturated heterocycles. The average molecular weight is 356 g/mol. The van der Waals surface area contributed by atoms with Crippen molar-refractivity contribution in [1.29, 1.82) is 0 Å². The highest BCUT2D eigenvalue weighted by molar-refractivity contribution is 7.98. The lowest BCUT2D eigenvalue weighted by molar-refractivity contribution is 1.14. The van der Waals surface area contributed by atoms with E-state index in [1.807, 2.05) is 0 Å². The predicted octanol–water partition coefficient (Wildman–Crippen LogP) is 5.33. The fraction of sp³-hybridized carbons (Fsp3) is 0.143. The molecule has 0 aliphatic carbocycles. The lowest BCUT2D eigenvalue weighted by Crippen LogP contribution is -2.01. The van der Waals surface area contributed by atoms with E-state index in [1.165, 1.54) is 10.5 Å². The molecular formula is C14H11Cl2N3S2. The smallest absolute Gasteiger partial charge is 0.130 e. The van der Waals surface area contributed by atoms with E-state index >= 15 is 0 Å². The summed E-state index contributed by atoms with van der Waals surface area (Å²) in [7, 11) is 0. The van der Waals surface area contributed by atoms with Crippen LogP contribution in [0.3, 0.4) is 0 Å². The van der Waals surface area contributed by atoms with Crippen molar-refractivity contribution in [2.24, 2.45) is 0 Å². The topological polar surface area (TPSA) is 37.8 Å². The number of nitrogens with zero attached hydrogens (tertiary/aromatic N) is 2. The maximum atomic E-state index is 6.27. The standard InChI is InChI=1S/C14H11Cl2N3S2/c1-20-9-4-2-8(3-5-9)7-17-12-10(15)6-11(16)13-14(12)19-21-18-13/h2-6,17H,7H2,1H3. The minimum atomic E-state index is 0.527. The van der Waals surface area contributed by atoms with Gasteiger partial charge in [0.2, 0.25) is 0 Å². The van der Waals surface area contributed by atoms with Crippen LogP contribution in [0.4, 0.5) is 5.69 Å². The maximum Gasteiger partial charge on any atom is 0.130 e. The van der Waals surface area contributed by atoms with Crippen molar-refractivity contribution < 1.29 is 0 Å². The lowest BCUT2D eigenvalue weighted by atomic mass is 10.2. The Bertz CT molecular complexity index is 772. The average Bonchev–Trinajstić information content (AvgIpc) is 2.97. The third-order valence-corrected chi connectivity index (χ3v) is 4.93. The molecule has 1 N–H and O–H groups in total. The van der Waals surface area contributed by atoms with E-state index in [-0.39, 0.29) is 0 Å². The van der Waals surface area contributed by atoms with Gasteiger partial charge in [-0.1, -0.05) is 35.3 Å². The van der Waals surface area contributed by atoms with Gasteiger partial charge in [0.25, 0.3) is 0 Å². The van der Waals surface area contributed by atoms with Gasteiger partial charge in [0, 0.05) is 11.4 Å². The van der Waals surface area contributed by atoms with Crippen LogP contribution in [0.25, 0.3) is 11.0 Å². The summed E-state index contributed by atoms with van der Waals surface area (Å²) in [6.45, 7) is 0.669. The molecule has 0 spiro atoms. The molecule has 21 heavy (non-hydrogen) atoms. The van der Waals surface area contributed by atoms with E-state index in [0.717, 1.165) is 22.9 Å². The lowest BCUT2D eigenvalue weighted by Gasteiger charge is -2.10. The molecular weight excluding hydrogens is 345 g/mol. The Balaban J connectivity index is 1.86. The zero-order valence-electron chi connectivity index (χ0n) is 11.1. The highest BCUT2D eigenvalue weighted by Crippen LogP contribution is 2.35. The van der Waals surface area contributed by atoms with Crippen molar-refractivity contribution >= 4 is 63.4 Å². The number of hydrogen-bond acceptors (Lipinski definition) is 5. The van der Waals surface area contributed by atoms with Crippen LogP contribution in [0.2, 0.25) is 10.0 Å².